The monoisotopic (exact) mass is 416 g/mol. The Bertz CT molecular complexity index is 994. The zero-order valence-electron chi connectivity index (χ0n) is 14.6. The summed E-state index contributed by atoms with van der Waals surface area (Å²) in [4.78, 5) is 36.3. The molecule has 144 valence electrons. The number of carboxylic acid groups (broad SMARTS) is 2. The molecular weight excluding hydrogens is 400 g/mol. The second-order valence-electron chi connectivity index (χ2n) is 5.86. The number of aromatic nitrogens is 2. The van der Waals surface area contributed by atoms with Crippen LogP contribution in [-0.4, -0.2) is 44.0 Å². The van der Waals surface area contributed by atoms with Crippen LogP contribution in [0.5, 0.6) is 0 Å². The number of benzene rings is 1. The van der Waals surface area contributed by atoms with E-state index in [-0.39, 0.29) is 21.8 Å². The van der Waals surface area contributed by atoms with Crippen LogP contribution >= 0.6 is 10.8 Å². The molecule has 1 aliphatic rings. The number of aliphatic carboxylic acids is 2. The summed E-state index contributed by atoms with van der Waals surface area (Å²) < 4.78 is 1.82. The summed E-state index contributed by atoms with van der Waals surface area (Å²) in [6.07, 6.45) is 5.62. The van der Waals surface area contributed by atoms with Crippen LogP contribution in [0.4, 0.5) is 0 Å². The van der Waals surface area contributed by atoms with Crippen molar-refractivity contribution in [2.75, 3.05) is 11.5 Å². The maximum absolute atomic E-state index is 12.8. The summed E-state index contributed by atoms with van der Waals surface area (Å²) in [5, 5.41) is 17.4. The highest BCUT2D eigenvalue weighted by Crippen LogP contribution is 2.37. The average molecular weight is 416 g/mol. The second-order valence-corrected chi connectivity index (χ2v) is 9.84. The number of carbonyl (C=O) groups is 3. The molecule has 0 saturated carbocycles. The first-order valence-corrected chi connectivity index (χ1v) is 11.2. The number of pyridine rings is 1. The van der Waals surface area contributed by atoms with Gasteiger partial charge in [-0.05, 0) is 24.3 Å². The molecule has 0 spiro atoms. The van der Waals surface area contributed by atoms with Crippen molar-refractivity contribution in [1.29, 1.82) is 0 Å². The zero-order valence-corrected chi connectivity index (χ0v) is 16.2. The van der Waals surface area contributed by atoms with Gasteiger partial charge < -0.3 is 15.0 Å². The predicted octanol–water partition coefficient (Wildman–Crippen LogP) is 1.45. The fourth-order valence-corrected chi connectivity index (χ4v) is 7.37. The highest BCUT2D eigenvalue weighted by molar-refractivity contribution is 8.74. The van der Waals surface area contributed by atoms with Gasteiger partial charge >= 0.3 is 5.97 Å². The van der Waals surface area contributed by atoms with E-state index < -0.39 is 11.9 Å². The number of para-hydroxylation sites is 1. The molecule has 0 radical (unpaired) electrons. The van der Waals surface area contributed by atoms with E-state index in [4.69, 9.17) is 19.8 Å². The van der Waals surface area contributed by atoms with Crippen molar-refractivity contribution in [1.82, 2.24) is 9.55 Å². The fraction of sp³-hybridized carbons (Fsp3) is 0.158. The summed E-state index contributed by atoms with van der Waals surface area (Å²) in [6, 6.07) is 14.1. The van der Waals surface area contributed by atoms with Gasteiger partial charge in [0.1, 0.15) is 5.75 Å². The lowest BCUT2D eigenvalue weighted by Gasteiger charge is -2.07. The maximum atomic E-state index is 12.8. The first kappa shape index (κ1) is 20.0. The van der Waals surface area contributed by atoms with Crippen molar-refractivity contribution in [3.05, 3.63) is 61.1 Å². The van der Waals surface area contributed by atoms with Gasteiger partial charge in [0.15, 0.2) is 10.9 Å². The number of rotatable bonds is 2. The minimum Gasteiger partial charge on any atom is -0.539 e. The van der Waals surface area contributed by atoms with E-state index in [2.05, 4.69) is 11.1 Å². The minimum atomic E-state index is -2.07. The first-order valence-electron chi connectivity index (χ1n) is 8.26. The molecule has 3 aromatic rings. The number of hydrogen-bond acceptors (Lipinski definition) is 6. The Hall–Kier alpha value is -2.78. The zero-order chi connectivity index (χ0) is 20.1. The normalized spacial score (nSPS) is 18.3. The van der Waals surface area contributed by atoms with Gasteiger partial charge in [0, 0.05) is 17.8 Å². The molecule has 2 unspecified atom stereocenters. The summed E-state index contributed by atoms with van der Waals surface area (Å²) in [7, 11) is 1.97. The highest BCUT2D eigenvalue weighted by atomic mass is 33.1. The number of hydrogen-bond donors (Lipinski definition) is 1. The second kappa shape index (κ2) is 8.94. The summed E-state index contributed by atoms with van der Waals surface area (Å²) in [5.41, 5.74) is 1.01. The van der Waals surface area contributed by atoms with Crippen molar-refractivity contribution >= 4 is 49.5 Å². The molecule has 0 aliphatic carbocycles. The van der Waals surface area contributed by atoms with E-state index in [1.807, 2.05) is 64.2 Å². The number of carbonyl (C=O) groups excluding carboxylic acids is 2. The van der Waals surface area contributed by atoms with Gasteiger partial charge in [-0.15, -0.1) is 0 Å². The van der Waals surface area contributed by atoms with Gasteiger partial charge in [-0.2, -0.15) is 0 Å². The number of nitrogens with zero attached hydrogens (tertiary/aromatic N) is 2. The fourth-order valence-electron chi connectivity index (χ4n) is 2.70. The van der Waals surface area contributed by atoms with Gasteiger partial charge in [0.2, 0.25) is 5.91 Å². The van der Waals surface area contributed by atoms with Gasteiger partial charge in [-0.25, -0.2) is 4.79 Å². The van der Waals surface area contributed by atoms with Crippen LogP contribution < -0.4 is 5.11 Å². The van der Waals surface area contributed by atoms with Crippen LogP contribution in [0.3, 0.4) is 0 Å². The molecule has 4 rings (SSSR count). The molecule has 1 N–H and O–H groups in total. The Labute approximate surface area is 167 Å². The molecule has 7 nitrogen and oxygen atoms in total. The molecule has 1 fully saturated rings. The van der Waals surface area contributed by atoms with Crippen molar-refractivity contribution in [2.45, 2.75) is 4.90 Å². The van der Waals surface area contributed by atoms with E-state index in [0.717, 1.165) is 22.4 Å². The van der Waals surface area contributed by atoms with E-state index >= 15 is 0 Å². The van der Waals surface area contributed by atoms with Crippen LogP contribution in [-0.2, 0) is 19.5 Å². The molecule has 3 heterocycles. The third-order valence-corrected chi connectivity index (χ3v) is 8.56. The molecule has 1 aromatic carbocycles. The molecule has 0 bridgehead atoms. The van der Waals surface area contributed by atoms with Crippen molar-refractivity contribution in [2.24, 2.45) is 5.92 Å². The number of fused-ring (bicyclic) bond motifs is 1. The van der Waals surface area contributed by atoms with Gasteiger partial charge in [0.05, 0.1) is 44.1 Å². The Morgan fingerprint density at radius 1 is 1.18 bits per heavy atom. The topological polar surface area (TPSA) is 112 Å². The van der Waals surface area contributed by atoms with E-state index in [0.29, 0.717) is 0 Å². The van der Waals surface area contributed by atoms with Crippen molar-refractivity contribution in [3.8, 4) is 0 Å². The largest absolute Gasteiger partial charge is 0.539 e. The van der Waals surface area contributed by atoms with Crippen molar-refractivity contribution in [3.63, 3.8) is 0 Å². The molecule has 28 heavy (non-hydrogen) atoms. The maximum Gasteiger partial charge on any atom is 0.351 e. The third kappa shape index (κ3) is 4.55. The molecule has 2 atom stereocenters. The summed E-state index contributed by atoms with van der Waals surface area (Å²) in [5.74, 6) is -1.90. The van der Waals surface area contributed by atoms with Crippen LogP contribution in [0.15, 0.2) is 66.0 Å². The van der Waals surface area contributed by atoms with E-state index in [9.17, 15) is 4.79 Å². The van der Waals surface area contributed by atoms with Gasteiger partial charge in [0.25, 0.3) is 0 Å². The number of carboxylic acids is 2. The Kier molecular flexibility index (Phi) is 6.37. The van der Waals surface area contributed by atoms with E-state index in [1.54, 1.807) is 6.20 Å². The molecule has 1 saturated heterocycles. The SMILES string of the molecule is O=C(C1CS[S+](c2cccnc2)C1)n1ccc2ccccc21.O=C([O-])C(=O)O. The van der Waals surface area contributed by atoms with Gasteiger partial charge in [-0.3, -0.25) is 14.3 Å². The molecular formula is C19H16N2O5S2. The van der Waals surface area contributed by atoms with E-state index in [1.165, 1.54) is 4.90 Å². The van der Waals surface area contributed by atoms with Crippen LogP contribution in [0.25, 0.3) is 10.9 Å². The highest BCUT2D eigenvalue weighted by Gasteiger charge is 2.41. The predicted molar refractivity (Wildman–Crippen MR) is 106 cm³/mol. The Morgan fingerprint density at radius 2 is 1.93 bits per heavy atom. The van der Waals surface area contributed by atoms with Crippen molar-refractivity contribution < 1.29 is 24.6 Å². The minimum absolute atomic E-state index is 0.0833. The quantitative estimate of drug-likeness (QED) is 0.382. The van der Waals surface area contributed by atoms with Crippen LogP contribution in [0.2, 0.25) is 0 Å². The van der Waals surface area contributed by atoms with Crippen LogP contribution in [0.1, 0.15) is 4.79 Å². The smallest absolute Gasteiger partial charge is 0.351 e. The van der Waals surface area contributed by atoms with Crippen LogP contribution in [0, 0.1) is 5.92 Å². The molecule has 0 amide bonds. The Balaban J connectivity index is 0.000000330. The first-order chi connectivity index (χ1) is 13.5. The lowest BCUT2D eigenvalue weighted by Crippen LogP contribution is -2.30. The van der Waals surface area contributed by atoms with Gasteiger partial charge in [-0.1, -0.05) is 18.2 Å². The summed E-state index contributed by atoms with van der Waals surface area (Å²) >= 11 is 0. The molecule has 1 aliphatic heterocycles. The average Bonchev–Trinajstić information content (AvgIpc) is 3.36. The lowest BCUT2D eigenvalue weighted by atomic mass is 10.2. The third-order valence-electron chi connectivity index (χ3n) is 4.02. The Morgan fingerprint density at radius 3 is 2.61 bits per heavy atom. The molecule has 2 aromatic heterocycles. The standard InChI is InChI=1S/C17H15N2OS2.C2H2O4/c20-17(19-9-7-13-4-1-2-6-16(13)19)14-11-21-22(12-14)15-5-3-8-18-10-15;3-1(4)2(5)6/h1-10,14H,11-12H2;(H,3,4)(H,5,6)/q+1;/p-1. The summed E-state index contributed by atoms with van der Waals surface area (Å²) in [6.45, 7) is 0. The lowest BCUT2D eigenvalue weighted by molar-refractivity contribution is -0.303. The molecule has 9 heteroatoms.